The summed E-state index contributed by atoms with van der Waals surface area (Å²) in [5.41, 5.74) is 2.47. The highest BCUT2D eigenvalue weighted by molar-refractivity contribution is 5.93. The summed E-state index contributed by atoms with van der Waals surface area (Å²) in [4.78, 5) is 16.8. The van der Waals surface area contributed by atoms with E-state index in [1.54, 1.807) is 11.8 Å². The number of hydrogen-bond acceptors (Lipinski definition) is 5. The van der Waals surface area contributed by atoms with Gasteiger partial charge in [0, 0.05) is 17.2 Å². The van der Waals surface area contributed by atoms with Crippen molar-refractivity contribution in [2.24, 2.45) is 11.8 Å². The molecule has 0 bridgehead atoms. The van der Waals surface area contributed by atoms with Crippen molar-refractivity contribution >= 4 is 11.6 Å². The normalized spacial score (nSPS) is 13.7. The number of hydrogen-bond donors (Lipinski definition) is 1. The summed E-state index contributed by atoms with van der Waals surface area (Å²) in [6, 6.07) is 15.6. The van der Waals surface area contributed by atoms with Crippen LogP contribution in [-0.4, -0.2) is 34.4 Å². The number of nitrogens with one attached hydrogen (secondary N) is 1. The van der Waals surface area contributed by atoms with E-state index < -0.39 is 0 Å². The molecule has 1 saturated carbocycles. The van der Waals surface area contributed by atoms with Gasteiger partial charge in [-0.3, -0.25) is 4.79 Å². The third kappa shape index (κ3) is 4.87. The maximum atomic E-state index is 12.2. The Balaban J connectivity index is 1.62. The molecule has 0 aliphatic heterocycles. The topological polar surface area (TPSA) is 78.3 Å². The van der Waals surface area contributed by atoms with Crippen LogP contribution in [0.4, 0.5) is 5.69 Å². The van der Waals surface area contributed by atoms with E-state index in [0.29, 0.717) is 24.4 Å². The van der Waals surface area contributed by atoms with Crippen LogP contribution in [0.1, 0.15) is 33.1 Å². The number of methoxy groups -OCH3 is 1. The lowest BCUT2D eigenvalue weighted by Gasteiger charge is -2.24. The molecule has 162 valence electrons. The maximum absolute atomic E-state index is 12.2. The van der Waals surface area contributed by atoms with E-state index in [9.17, 15) is 4.79 Å². The van der Waals surface area contributed by atoms with Crippen LogP contribution < -0.4 is 14.8 Å². The molecule has 31 heavy (non-hydrogen) atoms. The Morgan fingerprint density at radius 2 is 1.97 bits per heavy atom. The van der Waals surface area contributed by atoms with Gasteiger partial charge in [0.15, 0.2) is 5.82 Å². The second-order valence-electron chi connectivity index (χ2n) is 8.23. The van der Waals surface area contributed by atoms with Crippen molar-refractivity contribution in [1.82, 2.24) is 14.8 Å². The molecular formula is C24H28N4O3. The summed E-state index contributed by atoms with van der Waals surface area (Å²) in [7, 11) is 1.64. The van der Waals surface area contributed by atoms with Gasteiger partial charge in [0.25, 0.3) is 0 Å². The van der Waals surface area contributed by atoms with E-state index in [0.717, 1.165) is 42.0 Å². The van der Waals surface area contributed by atoms with Gasteiger partial charge in [-0.25, -0.2) is 4.68 Å². The molecular weight excluding hydrogens is 392 g/mol. The number of aromatic nitrogens is 3. The van der Waals surface area contributed by atoms with Crippen LogP contribution in [0.2, 0.25) is 0 Å². The molecule has 1 aliphatic rings. The van der Waals surface area contributed by atoms with Crippen molar-refractivity contribution in [2.75, 3.05) is 19.0 Å². The van der Waals surface area contributed by atoms with Crippen LogP contribution in [0.5, 0.6) is 11.8 Å². The van der Waals surface area contributed by atoms with Gasteiger partial charge in [-0.1, -0.05) is 32.4 Å². The molecule has 1 aromatic heterocycles. The monoisotopic (exact) mass is 420 g/mol. The highest BCUT2D eigenvalue weighted by Crippen LogP contribution is 2.29. The Morgan fingerprint density at radius 1 is 1.19 bits per heavy atom. The molecule has 0 saturated heterocycles. The molecule has 7 nitrogen and oxygen atoms in total. The lowest BCUT2D eigenvalue weighted by Crippen LogP contribution is -2.27. The van der Waals surface area contributed by atoms with Gasteiger partial charge in [-0.2, -0.15) is 4.98 Å². The average Bonchev–Trinajstić information content (AvgIpc) is 3.16. The summed E-state index contributed by atoms with van der Waals surface area (Å²) in [5, 5.41) is 7.58. The third-order valence-electron chi connectivity index (χ3n) is 5.32. The van der Waals surface area contributed by atoms with Crippen molar-refractivity contribution in [3.63, 3.8) is 0 Å². The summed E-state index contributed by atoms with van der Waals surface area (Å²) in [5.74, 6) is 2.01. The van der Waals surface area contributed by atoms with Crippen molar-refractivity contribution in [3.05, 3.63) is 48.5 Å². The quantitative estimate of drug-likeness (QED) is 0.571. The van der Waals surface area contributed by atoms with Crippen molar-refractivity contribution in [2.45, 2.75) is 33.1 Å². The fraction of sp³-hybridized carbons (Fsp3) is 0.375. The molecule has 4 rings (SSSR count). The molecule has 7 heteroatoms. The lowest BCUT2D eigenvalue weighted by molar-refractivity contribution is -0.122. The van der Waals surface area contributed by atoms with Crippen LogP contribution in [0.3, 0.4) is 0 Å². The zero-order valence-corrected chi connectivity index (χ0v) is 18.2. The molecule has 1 amide bonds. The molecule has 0 radical (unpaired) electrons. The first-order valence-electron chi connectivity index (χ1n) is 10.7. The molecule has 0 atom stereocenters. The Hall–Kier alpha value is -3.35. The lowest BCUT2D eigenvalue weighted by atomic mass is 9.85. The minimum atomic E-state index is 0.0983. The van der Waals surface area contributed by atoms with Gasteiger partial charge < -0.3 is 14.8 Å². The Kier molecular flexibility index (Phi) is 6.21. The van der Waals surface area contributed by atoms with Crippen molar-refractivity contribution in [1.29, 1.82) is 0 Å². The SMILES string of the molecule is COc1cccc(-c2nc(OCC(C)C)nn2-c2ccc(NC(=O)C3CCC3)cc2)c1. The second kappa shape index (κ2) is 9.20. The number of carbonyl (C=O) groups is 1. The van der Waals surface area contributed by atoms with Crippen LogP contribution in [0, 0.1) is 11.8 Å². The zero-order valence-electron chi connectivity index (χ0n) is 18.2. The molecule has 3 aromatic rings. The summed E-state index contributed by atoms with van der Waals surface area (Å²) < 4.78 is 12.9. The Morgan fingerprint density at radius 3 is 2.61 bits per heavy atom. The first-order chi connectivity index (χ1) is 15.0. The average molecular weight is 421 g/mol. The predicted octanol–water partition coefficient (Wildman–Crippen LogP) is 4.72. The highest BCUT2D eigenvalue weighted by atomic mass is 16.5. The number of rotatable bonds is 8. The molecule has 2 aromatic carbocycles. The standard InChI is InChI=1S/C24H28N4O3/c1-16(2)15-31-24-26-22(18-8-5-9-21(14-18)30-3)28(27-24)20-12-10-19(11-13-20)25-23(29)17-6-4-7-17/h5,8-14,16-17H,4,6-7,15H2,1-3H3,(H,25,29). The van der Waals surface area contributed by atoms with Crippen LogP contribution in [0.15, 0.2) is 48.5 Å². The van der Waals surface area contributed by atoms with E-state index in [1.807, 2.05) is 48.5 Å². The minimum absolute atomic E-state index is 0.0983. The van der Waals surface area contributed by atoms with Crippen LogP contribution in [0.25, 0.3) is 17.1 Å². The number of benzene rings is 2. The summed E-state index contributed by atoms with van der Waals surface area (Å²) in [6.07, 6.45) is 3.09. The van der Waals surface area contributed by atoms with Gasteiger partial charge in [-0.05, 0) is 55.2 Å². The molecule has 1 fully saturated rings. The number of anilines is 1. The molecule has 1 heterocycles. The van der Waals surface area contributed by atoms with E-state index in [1.165, 1.54) is 0 Å². The smallest absolute Gasteiger partial charge is 0.336 e. The highest BCUT2D eigenvalue weighted by Gasteiger charge is 2.25. The summed E-state index contributed by atoms with van der Waals surface area (Å²) in [6.45, 7) is 4.70. The largest absolute Gasteiger partial charge is 0.497 e. The van der Waals surface area contributed by atoms with Crippen molar-refractivity contribution in [3.8, 4) is 28.8 Å². The minimum Gasteiger partial charge on any atom is -0.497 e. The fourth-order valence-electron chi connectivity index (χ4n) is 3.33. The zero-order chi connectivity index (χ0) is 21.8. The first-order valence-corrected chi connectivity index (χ1v) is 10.7. The molecule has 0 spiro atoms. The van der Waals surface area contributed by atoms with E-state index in [-0.39, 0.29) is 11.8 Å². The van der Waals surface area contributed by atoms with Gasteiger partial charge in [0.1, 0.15) is 5.75 Å². The molecule has 1 aliphatic carbocycles. The fourth-order valence-corrected chi connectivity index (χ4v) is 3.33. The maximum Gasteiger partial charge on any atom is 0.336 e. The predicted molar refractivity (Wildman–Crippen MR) is 120 cm³/mol. The van der Waals surface area contributed by atoms with E-state index >= 15 is 0 Å². The first kappa shape index (κ1) is 20.9. The number of ether oxygens (including phenoxy) is 2. The van der Waals surface area contributed by atoms with Gasteiger partial charge >= 0.3 is 6.01 Å². The van der Waals surface area contributed by atoms with E-state index in [2.05, 4.69) is 29.2 Å². The Labute approximate surface area is 182 Å². The Bertz CT molecular complexity index is 1040. The molecule has 0 unspecified atom stereocenters. The van der Waals surface area contributed by atoms with Gasteiger partial charge in [-0.15, -0.1) is 5.10 Å². The number of nitrogens with zero attached hydrogens (tertiary/aromatic N) is 3. The third-order valence-corrected chi connectivity index (χ3v) is 5.32. The van der Waals surface area contributed by atoms with Gasteiger partial charge in [0.2, 0.25) is 5.91 Å². The summed E-state index contributed by atoms with van der Waals surface area (Å²) >= 11 is 0. The van der Waals surface area contributed by atoms with Gasteiger partial charge in [0.05, 0.1) is 19.4 Å². The van der Waals surface area contributed by atoms with E-state index in [4.69, 9.17) is 9.47 Å². The van der Waals surface area contributed by atoms with Crippen molar-refractivity contribution < 1.29 is 14.3 Å². The second-order valence-corrected chi connectivity index (χ2v) is 8.23. The van der Waals surface area contributed by atoms with Crippen LogP contribution in [-0.2, 0) is 4.79 Å². The number of carbonyl (C=O) groups excluding carboxylic acids is 1. The molecule has 1 N–H and O–H groups in total. The number of amides is 1. The van der Waals surface area contributed by atoms with Crippen LogP contribution >= 0.6 is 0 Å².